The highest BCUT2D eigenvalue weighted by Gasteiger charge is 2.49. The number of halogens is 3. The first kappa shape index (κ1) is 25.2. The van der Waals surface area contributed by atoms with E-state index in [9.17, 15) is 13.9 Å². The standard InChI is InChI=1S/C33H31F3N6O2/c1-2-23-26(35)7-4-18-10-22(43)11-24(27(18)23)29-28(36)30-25(14-38-29)31(42-16-20-5-6-21(42)13-37-20)40-32(39-30)44-17-33-8-3-9-41(33)15-19(34)12-33/h1,4,7,10-11,14,19-21,37,43H,3,5-6,8-9,12-13,15-17H2/t19-,20?,21?,33+/m1/s1/i9D2. The van der Waals surface area contributed by atoms with Crippen LogP contribution in [-0.4, -0.2) is 81.5 Å². The van der Waals surface area contributed by atoms with E-state index in [0.29, 0.717) is 29.6 Å². The smallest absolute Gasteiger partial charge is 0.319 e. The molecule has 0 spiro atoms. The summed E-state index contributed by atoms with van der Waals surface area (Å²) in [6.45, 7) is -0.365. The van der Waals surface area contributed by atoms with Gasteiger partial charge in [-0.15, -0.1) is 6.42 Å². The Morgan fingerprint density at radius 1 is 1.23 bits per heavy atom. The van der Waals surface area contributed by atoms with Crippen LogP contribution in [0, 0.1) is 24.0 Å². The van der Waals surface area contributed by atoms with Crippen molar-refractivity contribution in [3.63, 3.8) is 0 Å². The number of fused-ring (bicyclic) bond motifs is 6. The zero-order valence-corrected chi connectivity index (χ0v) is 23.8. The molecule has 44 heavy (non-hydrogen) atoms. The number of nitrogens with zero attached hydrogens (tertiary/aromatic N) is 5. The number of pyridine rings is 1. The average Bonchev–Trinajstić information content (AvgIpc) is 3.52. The Balaban J connectivity index is 1.28. The van der Waals surface area contributed by atoms with Crippen molar-refractivity contribution in [2.24, 2.45) is 0 Å². The molecule has 4 aromatic rings. The number of aromatic nitrogens is 3. The van der Waals surface area contributed by atoms with Gasteiger partial charge in [0, 0.05) is 58.0 Å². The van der Waals surface area contributed by atoms with Gasteiger partial charge in [-0.3, -0.25) is 9.88 Å². The van der Waals surface area contributed by atoms with E-state index in [1.807, 2.05) is 0 Å². The van der Waals surface area contributed by atoms with Gasteiger partial charge in [-0.1, -0.05) is 12.0 Å². The lowest BCUT2D eigenvalue weighted by atomic mass is 9.92. The van der Waals surface area contributed by atoms with E-state index in [1.165, 1.54) is 30.5 Å². The lowest BCUT2D eigenvalue weighted by Gasteiger charge is -2.46. The van der Waals surface area contributed by atoms with Crippen molar-refractivity contribution < 1.29 is 25.8 Å². The van der Waals surface area contributed by atoms with Gasteiger partial charge in [0.15, 0.2) is 5.82 Å². The van der Waals surface area contributed by atoms with Crippen molar-refractivity contribution in [1.29, 1.82) is 0 Å². The molecule has 226 valence electrons. The summed E-state index contributed by atoms with van der Waals surface area (Å²) in [7, 11) is 0. The number of piperidine rings is 2. The third-order valence-corrected chi connectivity index (χ3v) is 9.63. The van der Waals surface area contributed by atoms with E-state index < -0.39 is 29.8 Å². The molecule has 2 bridgehead atoms. The van der Waals surface area contributed by atoms with Crippen molar-refractivity contribution in [1.82, 2.24) is 25.2 Å². The predicted molar refractivity (Wildman–Crippen MR) is 160 cm³/mol. The number of terminal acetylenes is 1. The maximum absolute atomic E-state index is 16.8. The molecule has 4 atom stereocenters. The minimum absolute atomic E-state index is 0.0220. The molecule has 7 heterocycles. The van der Waals surface area contributed by atoms with Gasteiger partial charge in [-0.2, -0.15) is 9.97 Å². The second-order valence-electron chi connectivity index (χ2n) is 12.2. The Kier molecular flexibility index (Phi) is 5.85. The molecule has 8 nitrogen and oxygen atoms in total. The Hall–Kier alpha value is -4.14. The number of benzene rings is 2. The van der Waals surface area contributed by atoms with Crippen LogP contribution in [0.2, 0.25) is 0 Å². The molecule has 9 rings (SSSR count). The molecule has 11 heteroatoms. The zero-order chi connectivity index (χ0) is 32.0. The van der Waals surface area contributed by atoms with E-state index in [4.69, 9.17) is 18.9 Å². The van der Waals surface area contributed by atoms with E-state index in [0.717, 1.165) is 19.4 Å². The van der Waals surface area contributed by atoms with E-state index in [2.05, 4.69) is 26.1 Å². The number of hydrogen-bond donors (Lipinski definition) is 2. The highest BCUT2D eigenvalue weighted by atomic mass is 19.1. The van der Waals surface area contributed by atoms with Crippen LogP contribution in [0.5, 0.6) is 11.8 Å². The van der Waals surface area contributed by atoms with Crippen LogP contribution < -0.4 is 15.0 Å². The van der Waals surface area contributed by atoms with Crippen molar-refractivity contribution in [3.05, 3.63) is 47.7 Å². The summed E-state index contributed by atoms with van der Waals surface area (Å²) in [5, 5.41) is 15.0. The Morgan fingerprint density at radius 2 is 2.11 bits per heavy atom. The second-order valence-corrected chi connectivity index (χ2v) is 12.2. The molecule has 5 aliphatic rings. The van der Waals surface area contributed by atoms with Crippen molar-refractivity contribution in [2.45, 2.75) is 55.9 Å². The molecule has 0 amide bonds. The number of alkyl halides is 1. The van der Waals surface area contributed by atoms with E-state index in [-0.39, 0.29) is 77.6 Å². The summed E-state index contributed by atoms with van der Waals surface area (Å²) in [6, 6.07) is 5.59. The molecule has 2 aromatic heterocycles. The van der Waals surface area contributed by atoms with Crippen LogP contribution >= 0.6 is 0 Å². The van der Waals surface area contributed by atoms with Crippen molar-refractivity contribution >= 4 is 27.5 Å². The van der Waals surface area contributed by atoms with Gasteiger partial charge in [-0.05, 0) is 55.8 Å². The minimum atomic E-state index is -1.66. The maximum Gasteiger partial charge on any atom is 0.319 e. The first-order chi connectivity index (χ1) is 22.1. The zero-order valence-electron chi connectivity index (χ0n) is 25.8. The molecule has 5 fully saturated rings. The van der Waals surface area contributed by atoms with Crippen LogP contribution in [0.1, 0.15) is 40.4 Å². The maximum atomic E-state index is 16.8. The number of nitrogens with one attached hydrogen (secondary N) is 1. The van der Waals surface area contributed by atoms with Crippen LogP contribution in [-0.2, 0) is 0 Å². The number of phenols is 1. The quantitative estimate of drug-likeness (QED) is 0.318. The third kappa shape index (κ3) is 4.26. The predicted octanol–water partition coefficient (Wildman–Crippen LogP) is 4.71. The van der Waals surface area contributed by atoms with Crippen LogP contribution in [0.3, 0.4) is 0 Å². The molecule has 2 unspecified atom stereocenters. The van der Waals surface area contributed by atoms with Crippen LogP contribution in [0.25, 0.3) is 32.9 Å². The third-order valence-electron chi connectivity index (χ3n) is 9.63. The normalized spacial score (nSPS) is 28.2. The number of anilines is 1. The second kappa shape index (κ2) is 10.2. The molecular formula is C33H31F3N6O2. The molecule has 5 saturated heterocycles. The highest BCUT2D eigenvalue weighted by molar-refractivity contribution is 6.03. The summed E-state index contributed by atoms with van der Waals surface area (Å²) in [5.41, 5.74) is -1.11. The van der Waals surface area contributed by atoms with Gasteiger partial charge < -0.3 is 20.1 Å². The minimum Gasteiger partial charge on any atom is -0.508 e. The fraction of sp³-hybridized carbons (Fsp3) is 0.424. The summed E-state index contributed by atoms with van der Waals surface area (Å²) in [6.07, 6.45) is 8.66. The number of piperazine rings is 1. The fourth-order valence-corrected chi connectivity index (χ4v) is 7.49. The van der Waals surface area contributed by atoms with Crippen LogP contribution in [0.4, 0.5) is 19.0 Å². The molecular weight excluding hydrogens is 569 g/mol. The SMILES string of the molecule is [2H]C1([2H])CC[C@@]2(COc3nc(N4CC5CCC4CN5)c4cnc(-c5cc(O)cc6ccc(F)c(C#C)c56)c(F)c4n3)C[C@@H](F)CN12. The summed E-state index contributed by atoms with van der Waals surface area (Å²) in [4.78, 5) is 17.4. The van der Waals surface area contributed by atoms with E-state index >= 15 is 4.39 Å². The van der Waals surface area contributed by atoms with Crippen LogP contribution in [0.15, 0.2) is 30.5 Å². The molecule has 5 aliphatic heterocycles. The van der Waals surface area contributed by atoms with Gasteiger partial charge in [-0.25, -0.2) is 13.2 Å². The number of aromatic hydroxyl groups is 1. The number of ether oxygens (including phenoxy) is 1. The number of rotatable bonds is 5. The van der Waals surface area contributed by atoms with Gasteiger partial charge in [0.25, 0.3) is 0 Å². The summed E-state index contributed by atoms with van der Waals surface area (Å²) in [5.74, 6) is 1.14. The van der Waals surface area contributed by atoms with Crippen molar-refractivity contribution in [2.75, 3.05) is 37.6 Å². The molecule has 2 aromatic carbocycles. The lowest BCUT2D eigenvalue weighted by molar-refractivity contribution is 0.107. The van der Waals surface area contributed by atoms with Gasteiger partial charge in [0.1, 0.15) is 41.4 Å². The summed E-state index contributed by atoms with van der Waals surface area (Å²) < 4.78 is 69.2. The van der Waals surface area contributed by atoms with E-state index in [1.54, 1.807) is 4.90 Å². The molecule has 0 saturated carbocycles. The molecule has 2 N–H and O–H groups in total. The topological polar surface area (TPSA) is 86.6 Å². The highest BCUT2D eigenvalue weighted by Crippen LogP contribution is 2.42. The number of phenolic OH excluding ortho intramolecular Hbond substituents is 1. The van der Waals surface area contributed by atoms with Crippen molar-refractivity contribution in [3.8, 4) is 35.4 Å². The fourth-order valence-electron chi connectivity index (χ4n) is 7.49. The average molecular weight is 603 g/mol. The first-order valence-electron chi connectivity index (χ1n) is 15.9. The largest absolute Gasteiger partial charge is 0.508 e. The van der Waals surface area contributed by atoms with Gasteiger partial charge in [0.05, 0.1) is 16.5 Å². The van der Waals surface area contributed by atoms with Gasteiger partial charge >= 0.3 is 6.01 Å². The first-order valence-corrected chi connectivity index (χ1v) is 14.9. The monoisotopic (exact) mass is 602 g/mol. The lowest BCUT2D eigenvalue weighted by Crippen LogP contribution is -2.61. The molecule has 0 radical (unpaired) electrons. The molecule has 0 aliphatic carbocycles. The Bertz CT molecular complexity index is 1950. The Morgan fingerprint density at radius 3 is 2.89 bits per heavy atom. The summed E-state index contributed by atoms with van der Waals surface area (Å²) >= 11 is 0. The number of hydrogen-bond acceptors (Lipinski definition) is 8. The Labute approximate surface area is 255 Å². The van der Waals surface area contributed by atoms with Gasteiger partial charge in [0.2, 0.25) is 0 Å².